The van der Waals surface area contributed by atoms with E-state index in [-0.39, 0.29) is 0 Å². The number of rotatable bonds is 2. The Morgan fingerprint density at radius 1 is 1.08 bits per heavy atom. The molecule has 2 unspecified atom stereocenters. The van der Waals surface area contributed by atoms with Gasteiger partial charge in [-0.3, -0.25) is 0 Å². The van der Waals surface area contributed by atoms with E-state index in [9.17, 15) is 0 Å². The summed E-state index contributed by atoms with van der Waals surface area (Å²) in [6, 6.07) is 0. The van der Waals surface area contributed by atoms with Crippen LogP contribution < -0.4 is 0 Å². The first kappa shape index (κ1) is 9.58. The van der Waals surface area contributed by atoms with Gasteiger partial charge in [0.2, 0.25) is 0 Å². The SMILES string of the molecule is CCC1=C(CC)C2CCCC1C2Cl. The Kier molecular flexibility index (Phi) is 2.69. The van der Waals surface area contributed by atoms with Gasteiger partial charge in [0.15, 0.2) is 0 Å². The van der Waals surface area contributed by atoms with Gasteiger partial charge in [0.05, 0.1) is 0 Å². The molecule has 0 aromatic carbocycles. The van der Waals surface area contributed by atoms with Crippen LogP contribution in [-0.2, 0) is 0 Å². The summed E-state index contributed by atoms with van der Waals surface area (Å²) in [6.45, 7) is 4.57. The largest absolute Gasteiger partial charge is 0.122 e. The van der Waals surface area contributed by atoms with Crippen molar-refractivity contribution in [2.24, 2.45) is 11.8 Å². The molecule has 2 rings (SSSR count). The Labute approximate surface area is 86.4 Å². The summed E-state index contributed by atoms with van der Waals surface area (Å²) >= 11 is 6.49. The van der Waals surface area contributed by atoms with Crippen molar-refractivity contribution in [3.05, 3.63) is 11.1 Å². The van der Waals surface area contributed by atoms with Crippen LogP contribution >= 0.6 is 11.6 Å². The number of hydrogen-bond acceptors (Lipinski definition) is 0. The summed E-state index contributed by atoms with van der Waals surface area (Å²) in [5.41, 5.74) is 3.43. The molecule has 2 aliphatic carbocycles. The minimum absolute atomic E-state index is 0.443. The number of fused-ring (bicyclic) bond motifs is 2. The highest BCUT2D eigenvalue weighted by Gasteiger charge is 2.41. The van der Waals surface area contributed by atoms with Crippen molar-refractivity contribution in [3.63, 3.8) is 0 Å². The maximum atomic E-state index is 6.49. The van der Waals surface area contributed by atoms with Gasteiger partial charge < -0.3 is 0 Å². The van der Waals surface area contributed by atoms with Crippen molar-refractivity contribution < 1.29 is 0 Å². The molecule has 0 radical (unpaired) electrons. The fraction of sp³-hybridized carbons (Fsp3) is 0.833. The average molecular weight is 199 g/mol. The average Bonchev–Trinajstić information content (AvgIpc) is 2.34. The standard InChI is InChI=1S/C12H19Cl/c1-3-8-9(4-2)11-7-5-6-10(8)12(11)13/h10-12H,3-7H2,1-2H3. The van der Waals surface area contributed by atoms with Crippen molar-refractivity contribution in [1.29, 1.82) is 0 Å². The van der Waals surface area contributed by atoms with Gasteiger partial charge in [0.1, 0.15) is 0 Å². The fourth-order valence-electron chi connectivity index (χ4n) is 3.34. The molecular weight excluding hydrogens is 180 g/mol. The van der Waals surface area contributed by atoms with Gasteiger partial charge in [0.25, 0.3) is 0 Å². The van der Waals surface area contributed by atoms with Crippen LogP contribution in [0, 0.1) is 11.8 Å². The lowest BCUT2D eigenvalue weighted by molar-refractivity contribution is 0.371. The highest BCUT2D eigenvalue weighted by atomic mass is 35.5. The van der Waals surface area contributed by atoms with Crippen LogP contribution in [0.1, 0.15) is 46.0 Å². The van der Waals surface area contributed by atoms with E-state index in [1.54, 1.807) is 11.1 Å². The molecule has 1 heteroatoms. The van der Waals surface area contributed by atoms with E-state index in [2.05, 4.69) is 13.8 Å². The first-order valence-electron chi connectivity index (χ1n) is 5.65. The fourth-order valence-corrected chi connectivity index (χ4v) is 3.90. The van der Waals surface area contributed by atoms with Crippen LogP contribution in [0.3, 0.4) is 0 Å². The second-order valence-electron chi connectivity index (χ2n) is 4.35. The summed E-state index contributed by atoms with van der Waals surface area (Å²) in [7, 11) is 0. The zero-order chi connectivity index (χ0) is 9.42. The summed E-state index contributed by atoms with van der Waals surface area (Å²) in [4.78, 5) is 0. The first-order chi connectivity index (χ1) is 6.29. The van der Waals surface area contributed by atoms with Crippen LogP contribution in [-0.4, -0.2) is 5.38 Å². The molecule has 0 aromatic rings. The van der Waals surface area contributed by atoms with Crippen molar-refractivity contribution in [2.75, 3.05) is 0 Å². The van der Waals surface area contributed by atoms with Crippen LogP contribution in [0.15, 0.2) is 11.1 Å². The molecule has 0 saturated heterocycles. The Morgan fingerprint density at radius 2 is 1.54 bits per heavy atom. The second-order valence-corrected chi connectivity index (χ2v) is 4.85. The molecule has 0 spiro atoms. The Hall–Kier alpha value is 0.0300. The van der Waals surface area contributed by atoms with Crippen molar-refractivity contribution in [3.8, 4) is 0 Å². The molecule has 74 valence electrons. The molecule has 0 aromatic heterocycles. The van der Waals surface area contributed by atoms with Gasteiger partial charge in [-0.2, -0.15) is 0 Å². The molecule has 0 nitrogen and oxygen atoms in total. The van der Waals surface area contributed by atoms with E-state index in [0.717, 1.165) is 11.8 Å². The molecule has 2 atom stereocenters. The van der Waals surface area contributed by atoms with Crippen molar-refractivity contribution in [2.45, 2.75) is 51.3 Å². The second kappa shape index (κ2) is 3.65. The summed E-state index contributed by atoms with van der Waals surface area (Å²) < 4.78 is 0. The molecule has 1 fully saturated rings. The lowest BCUT2D eigenvalue weighted by Gasteiger charge is -2.27. The summed E-state index contributed by atoms with van der Waals surface area (Å²) in [5, 5.41) is 0.443. The number of hydrogen-bond donors (Lipinski definition) is 0. The Morgan fingerprint density at radius 3 is 1.92 bits per heavy atom. The summed E-state index contributed by atoms with van der Waals surface area (Å²) in [6.07, 6.45) is 6.54. The molecule has 0 aliphatic heterocycles. The third kappa shape index (κ3) is 1.34. The minimum atomic E-state index is 0.443. The normalized spacial score (nSPS) is 38.5. The zero-order valence-electron chi connectivity index (χ0n) is 8.65. The molecule has 0 N–H and O–H groups in total. The van der Waals surface area contributed by atoms with Gasteiger partial charge in [-0.05, 0) is 37.5 Å². The predicted octanol–water partition coefficient (Wildman–Crippen LogP) is 4.14. The van der Waals surface area contributed by atoms with Gasteiger partial charge >= 0.3 is 0 Å². The molecule has 0 amide bonds. The van der Waals surface area contributed by atoms with E-state index < -0.39 is 0 Å². The highest BCUT2D eigenvalue weighted by molar-refractivity contribution is 6.21. The van der Waals surface area contributed by atoms with Crippen LogP contribution in [0.2, 0.25) is 0 Å². The van der Waals surface area contributed by atoms with Crippen molar-refractivity contribution >= 4 is 11.6 Å². The van der Waals surface area contributed by atoms with Crippen molar-refractivity contribution in [1.82, 2.24) is 0 Å². The van der Waals surface area contributed by atoms with Gasteiger partial charge in [-0.1, -0.05) is 31.4 Å². The van der Waals surface area contributed by atoms with E-state index in [1.807, 2.05) is 0 Å². The van der Waals surface area contributed by atoms with Crippen LogP contribution in [0.25, 0.3) is 0 Å². The monoisotopic (exact) mass is 198 g/mol. The topological polar surface area (TPSA) is 0 Å². The molecule has 1 saturated carbocycles. The lowest BCUT2D eigenvalue weighted by atomic mass is 9.84. The summed E-state index contributed by atoms with van der Waals surface area (Å²) in [5.74, 6) is 1.47. The number of halogens is 1. The van der Waals surface area contributed by atoms with Crippen LogP contribution in [0.4, 0.5) is 0 Å². The predicted molar refractivity (Wildman–Crippen MR) is 58.1 cm³/mol. The molecule has 0 heterocycles. The highest BCUT2D eigenvalue weighted by Crippen LogP contribution is 2.50. The third-order valence-electron chi connectivity index (χ3n) is 3.87. The maximum absolute atomic E-state index is 6.49. The number of alkyl halides is 1. The molecule has 2 aliphatic rings. The zero-order valence-corrected chi connectivity index (χ0v) is 9.40. The van der Waals surface area contributed by atoms with Gasteiger partial charge in [-0.25, -0.2) is 0 Å². The molecule has 2 bridgehead atoms. The van der Waals surface area contributed by atoms with Gasteiger partial charge in [-0.15, -0.1) is 11.6 Å². The smallest absolute Gasteiger partial charge is 0.0466 e. The quantitative estimate of drug-likeness (QED) is 0.462. The Balaban J connectivity index is 2.32. The Bertz CT molecular complexity index is 207. The van der Waals surface area contributed by atoms with E-state index in [4.69, 9.17) is 11.6 Å². The van der Waals surface area contributed by atoms with Crippen LogP contribution in [0.5, 0.6) is 0 Å². The lowest BCUT2D eigenvalue weighted by Crippen LogP contribution is -2.23. The maximum Gasteiger partial charge on any atom is 0.0466 e. The minimum Gasteiger partial charge on any atom is -0.122 e. The van der Waals surface area contributed by atoms with E-state index in [1.165, 1.54) is 32.1 Å². The molecule has 13 heavy (non-hydrogen) atoms. The van der Waals surface area contributed by atoms with E-state index in [0.29, 0.717) is 5.38 Å². The third-order valence-corrected chi connectivity index (χ3v) is 4.48. The molecular formula is C12H19Cl. The van der Waals surface area contributed by atoms with E-state index >= 15 is 0 Å². The van der Waals surface area contributed by atoms with Gasteiger partial charge in [0, 0.05) is 5.38 Å². The first-order valence-corrected chi connectivity index (χ1v) is 6.09. The number of allylic oxidation sites excluding steroid dienone is 2.